The maximum atomic E-state index is 4.16. The van der Waals surface area contributed by atoms with Crippen molar-refractivity contribution >= 4 is 0 Å². The van der Waals surface area contributed by atoms with E-state index >= 15 is 0 Å². The molecule has 0 bridgehead atoms. The van der Waals surface area contributed by atoms with Gasteiger partial charge in [-0.05, 0) is 135 Å². The standard InChI is InChI=1S/C27H46.C9H16.C2H6/c1-18(2)10-11-19(3)22-12-13-23-25-20(4)17-21-9-7-8-15-26(21,5)24(25)14-16-27(22,23)6;1-4-7-9(6-3)8-5-2;1-2/h19-25H,1,7-17H2,2-6H3;3-5,7-8H2,1-2H3;1-2H3. The molecule has 4 fully saturated rings. The summed E-state index contributed by atoms with van der Waals surface area (Å²) in [6.07, 6.45) is 21.1. The third-order valence-electron chi connectivity index (χ3n) is 12.1. The summed E-state index contributed by atoms with van der Waals surface area (Å²) < 4.78 is 0. The molecule has 0 amide bonds. The van der Waals surface area contributed by atoms with E-state index in [2.05, 4.69) is 67.4 Å². The van der Waals surface area contributed by atoms with Crippen LogP contribution in [0.5, 0.6) is 0 Å². The Labute approximate surface area is 240 Å². The molecular weight excluding hydrogens is 456 g/mol. The average molecular weight is 525 g/mol. The van der Waals surface area contributed by atoms with E-state index in [1.54, 1.807) is 12.8 Å². The van der Waals surface area contributed by atoms with Gasteiger partial charge in [-0.15, -0.1) is 12.3 Å². The summed E-state index contributed by atoms with van der Waals surface area (Å²) in [7, 11) is 0. The van der Waals surface area contributed by atoms with Crippen LogP contribution in [0, 0.1) is 52.3 Å². The van der Waals surface area contributed by atoms with Crippen LogP contribution in [0.1, 0.15) is 159 Å². The topological polar surface area (TPSA) is 0 Å². The van der Waals surface area contributed by atoms with Crippen molar-refractivity contribution in [1.29, 1.82) is 0 Å². The summed E-state index contributed by atoms with van der Waals surface area (Å²) in [4.78, 5) is 0. The lowest BCUT2D eigenvalue weighted by Crippen LogP contribution is -2.55. The molecule has 0 aromatic heterocycles. The second kappa shape index (κ2) is 15.3. The number of rotatable bonds is 8. The van der Waals surface area contributed by atoms with Crippen LogP contribution in [-0.4, -0.2) is 0 Å². The maximum Gasteiger partial charge on any atom is -0.0247 e. The Morgan fingerprint density at radius 3 is 2.11 bits per heavy atom. The molecule has 0 saturated heterocycles. The van der Waals surface area contributed by atoms with Gasteiger partial charge in [-0.1, -0.05) is 93.2 Å². The van der Waals surface area contributed by atoms with Crippen molar-refractivity contribution in [3.63, 3.8) is 0 Å². The van der Waals surface area contributed by atoms with E-state index in [0.29, 0.717) is 10.8 Å². The summed E-state index contributed by atoms with van der Waals surface area (Å²) >= 11 is 0. The molecule has 0 radical (unpaired) electrons. The van der Waals surface area contributed by atoms with E-state index in [4.69, 9.17) is 0 Å². The molecule has 0 N–H and O–H groups in total. The van der Waals surface area contributed by atoms with Crippen molar-refractivity contribution in [3.8, 4) is 0 Å². The lowest BCUT2D eigenvalue weighted by atomic mass is 9.42. The number of fused-ring (bicyclic) bond motifs is 5. The van der Waals surface area contributed by atoms with Gasteiger partial charge >= 0.3 is 0 Å². The maximum absolute atomic E-state index is 4.16. The Morgan fingerprint density at radius 1 is 0.895 bits per heavy atom. The molecule has 0 heteroatoms. The normalized spacial score (nSPS) is 38.0. The van der Waals surface area contributed by atoms with Crippen LogP contribution in [-0.2, 0) is 0 Å². The van der Waals surface area contributed by atoms with E-state index in [-0.39, 0.29) is 0 Å². The minimum Gasteiger partial charge on any atom is -0.130 e. The highest BCUT2D eigenvalue weighted by molar-refractivity contribution is 5.10. The molecule has 9 unspecified atom stereocenters. The average Bonchev–Trinajstić information content (AvgIpc) is 3.26. The SMILES string of the molecule is C=C(C)CCC(C)C1CCC2C3C(C)CC4CCCCC4(C)C3CCC12C.C=C=C(CCC)CCC.CC. The van der Waals surface area contributed by atoms with Crippen LogP contribution >= 0.6 is 0 Å². The molecule has 0 aliphatic heterocycles. The second-order valence-corrected chi connectivity index (χ2v) is 14.4. The summed E-state index contributed by atoms with van der Waals surface area (Å²) in [6.45, 7) is 29.1. The minimum absolute atomic E-state index is 0.627. The third-order valence-corrected chi connectivity index (χ3v) is 12.1. The number of hydrogen-bond donors (Lipinski definition) is 0. The molecule has 4 saturated carbocycles. The Hall–Kier alpha value is -0.740. The molecule has 0 nitrogen and oxygen atoms in total. The number of hydrogen-bond acceptors (Lipinski definition) is 0. The van der Waals surface area contributed by atoms with Crippen LogP contribution in [0.25, 0.3) is 0 Å². The highest BCUT2D eigenvalue weighted by Gasteiger charge is 2.61. The first-order valence-electron chi connectivity index (χ1n) is 17.1. The first kappa shape index (κ1) is 33.5. The monoisotopic (exact) mass is 525 g/mol. The summed E-state index contributed by atoms with van der Waals surface area (Å²) in [5.41, 5.74) is 7.04. The molecule has 0 aromatic rings. The van der Waals surface area contributed by atoms with Crippen molar-refractivity contribution < 1.29 is 0 Å². The van der Waals surface area contributed by atoms with Crippen LogP contribution in [0.3, 0.4) is 0 Å². The van der Waals surface area contributed by atoms with E-state index in [1.165, 1.54) is 94.6 Å². The van der Waals surface area contributed by atoms with E-state index in [9.17, 15) is 0 Å². The van der Waals surface area contributed by atoms with Gasteiger partial charge in [-0.3, -0.25) is 0 Å². The Kier molecular flexibility index (Phi) is 13.5. The van der Waals surface area contributed by atoms with Crippen molar-refractivity contribution in [3.05, 3.63) is 30.0 Å². The summed E-state index contributed by atoms with van der Waals surface area (Å²) in [6, 6.07) is 0. The molecule has 0 heterocycles. The highest BCUT2D eigenvalue weighted by atomic mass is 14.7. The molecule has 0 spiro atoms. The Morgan fingerprint density at radius 2 is 1.53 bits per heavy atom. The van der Waals surface area contributed by atoms with Gasteiger partial charge in [0.05, 0.1) is 0 Å². The van der Waals surface area contributed by atoms with Crippen LogP contribution < -0.4 is 0 Å². The predicted molar refractivity (Wildman–Crippen MR) is 171 cm³/mol. The number of allylic oxidation sites excluding steroid dienone is 2. The van der Waals surface area contributed by atoms with Gasteiger partial charge in [0.15, 0.2) is 0 Å². The van der Waals surface area contributed by atoms with Crippen LogP contribution in [0.15, 0.2) is 30.0 Å². The van der Waals surface area contributed by atoms with Crippen molar-refractivity contribution in [2.45, 2.75) is 159 Å². The van der Waals surface area contributed by atoms with Gasteiger partial charge in [-0.25, -0.2) is 0 Å². The van der Waals surface area contributed by atoms with Gasteiger partial charge < -0.3 is 0 Å². The zero-order valence-electron chi connectivity index (χ0n) is 27.6. The largest absolute Gasteiger partial charge is 0.130 e. The van der Waals surface area contributed by atoms with E-state index in [0.717, 1.165) is 41.4 Å². The first-order valence-corrected chi connectivity index (χ1v) is 17.1. The zero-order valence-corrected chi connectivity index (χ0v) is 27.6. The molecule has 38 heavy (non-hydrogen) atoms. The van der Waals surface area contributed by atoms with Crippen LogP contribution in [0.4, 0.5) is 0 Å². The first-order chi connectivity index (χ1) is 18.1. The second-order valence-electron chi connectivity index (χ2n) is 14.4. The van der Waals surface area contributed by atoms with E-state index in [1.807, 2.05) is 13.8 Å². The van der Waals surface area contributed by atoms with Crippen molar-refractivity contribution in [2.24, 2.45) is 52.3 Å². The predicted octanol–water partition coefficient (Wildman–Crippen LogP) is 12.6. The lowest BCUT2D eigenvalue weighted by molar-refractivity contribution is -0.137. The molecule has 4 rings (SSSR count). The fourth-order valence-corrected chi connectivity index (χ4v) is 10.2. The van der Waals surface area contributed by atoms with Gasteiger partial charge in [0.25, 0.3) is 0 Å². The van der Waals surface area contributed by atoms with Gasteiger partial charge in [0, 0.05) is 0 Å². The molecular formula is C38H68. The minimum atomic E-state index is 0.627. The molecule has 0 aromatic carbocycles. The van der Waals surface area contributed by atoms with Gasteiger partial charge in [-0.2, -0.15) is 0 Å². The molecule has 9 atom stereocenters. The Balaban J connectivity index is 0.000000394. The van der Waals surface area contributed by atoms with E-state index < -0.39 is 0 Å². The smallest absolute Gasteiger partial charge is 0.0247 e. The zero-order chi connectivity index (χ0) is 28.5. The third kappa shape index (κ3) is 7.31. The van der Waals surface area contributed by atoms with Crippen LogP contribution in [0.2, 0.25) is 0 Å². The molecule has 220 valence electrons. The van der Waals surface area contributed by atoms with Crippen molar-refractivity contribution in [1.82, 2.24) is 0 Å². The summed E-state index contributed by atoms with van der Waals surface area (Å²) in [5, 5.41) is 0. The molecule has 4 aliphatic carbocycles. The lowest BCUT2D eigenvalue weighted by Gasteiger charge is -2.62. The quantitative estimate of drug-likeness (QED) is 0.219. The fourth-order valence-electron chi connectivity index (χ4n) is 10.2. The summed E-state index contributed by atoms with van der Waals surface area (Å²) in [5.74, 6) is 6.94. The highest BCUT2D eigenvalue weighted by Crippen LogP contribution is 2.69. The van der Waals surface area contributed by atoms with Gasteiger partial charge in [0.1, 0.15) is 0 Å². The Bertz CT molecular complexity index is 759. The molecule has 4 aliphatic rings. The fraction of sp³-hybridized carbons (Fsp3) is 0.868. The van der Waals surface area contributed by atoms with Crippen molar-refractivity contribution in [2.75, 3.05) is 0 Å². The van der Waals surface area contributed by atoms with Gasteiger partial charge in [0.2, 0.25) is 0 Å².